The van der Waals surface area contributed by atoms with Crippen LogP contribution in [0.25, 0.3) is 15.9 Å². The molecular formula is C19H20ClN3OS. The summed E-state index contributed by atoms with van der Waals surface area (Å²) >= 11 is 7.81. The van der Waals surface area contributed by atoms with E-state index in [1.807, 2.05) is 37.3 Å². The summed E-state index contributed by atoms with van der Waals surface area (Å²) < 4.78 is 1.72. The summed E-state index contributed by atoms with van der Waals surface area (Å²) in [5.74, 6) is 0. The van der Waals surface area contributed by atoms with E-state index < -0.39 is 0 Å². The molecule has 1 saturated heterocycles. The van der Waals surface area contributed by atoms with Crippen LogP contribution in [0.2, 0.25) is 5.02 Å². The molecule has 0 spiro atoms. The maximum Gasteiger partial charge on any atom is 0.274 e. The molecule has 0 radical (unpaired) electrons. The van der Waals surface area contributed by atoms with Gasteiger partial charge in [0.2, 0.25) is 0 Å². The topological polar surface area (TPSA) is 38.1 Å². The minimum absolute atomic E-state index is 0.0151. The predicted octanol–water partition coefficient (Wildman–Crippen LogP) is 4.39. The minimum atomic E-state index is -0.0151. The summed E-state index contributed by atoms with van der Waals surface area (Å²) in [6.45, 7) is 5.01. The van der Waals surface area contributed by atoms with Crippen molar-refractivity contribution in [3.8, 4) is 5.69 Å². The van der Waals surface area contributed by atoms with Crippen molar-refractivity contribution in [1.29, 1.82) is 0 Å². The number of benzene rings is 1. The molecule has 1 aliphatic heterocycles. The van der Waals surface area contributed by atoms with Crippen LogP contribution in [0.1, 0.15) is 30.5 Å². The van der Waals surface area contributed by atoms with Gasteiger partial charge < -0.3 is 0 Å². The Morgan fingerprint density at radius 3 is 2.76 bits per heavy atom. The van der Waals surface area contributed by atoms with Gasteiger partial charge in [-0.25, -0.2) is 8.94 Å². The van der Waals surface area contributed by atoms with Crippen LogP contribution in [0.4, 0.5) is 0 Å². The molecule has 1 fully saturated rings. The number of rotatable bonds is 3. The van der Waals surface area contributed by atoms with E-state index in [0.717, 1.165) is 46.4 Å². The maximum absolute atomic E-state index is 12.7. The Kier molecular flexibility index (Phi) is 4.63. The van der Waals surface area contributed by atoms with Crippen molar-refractivity contribution in [2.24, 2.45) is 0 Å². The lowest BCUT2D eigenvalue weighted by atomic mass is 10.1. The second-order valence-electron chi connectivity index (χ2n) is 6.61. The van der Waals surface area contributed by atoms with Crippen LogP contribution in [-0.4, -0.2) is 26.9 Å². The molecule has 25 heavy (non-hydrogen) atoms. The van der Waals surface area contributed by atoms with Crippen molar-refractivity contribution in [3.63, 3.8) is 0 Å². The summed E-state index contributed by atoms with van der Waals surface area (Å²) in [6, 6.07) is 9.58. The first-order valence-corrected chi connectivity index (χ1v) is 9.78. The van der Waals surface area contributed by atoms with E-state index in [2.05, 4.69) is 9.88 Å². The molecule has 4 rings (SSSR count). The molecule has 4 nitrogen and oxygen atoms in total. The van der Waals surface area contributed by atoms with E-state index >= 15 is 0 Å². The van der Waals surface area contributed by atoms with E-state index in [1.165, 1.54) is 30.8 Å². The number of halogens is 1. The summed E-state index contributed by atoms with van der Waals surface area (Å²) in [4.78, 5) is 20.4. The normalized spacial score (nSPS) is 15.8. The Hall–Kier alpha value is -1.69. The molecule has 0 aliphatic carbocycles. The molecule has 6 heteroatoms. The molecule has 3 aromatic rings. The number of aromatic nitrogens is 2. The van der Waals surface area contributed by atoms with Crippen LogP contribution >= 0.6 is 23.1 Å². The molecule has 3 heterocycles. The lowest BCUT2D eigenvalue weighted by molar-refractivity contribution is 0.221. The van der Waals surface area contributed by atoms with Crippen LogP contribution < -0.4 is 5.56 Å². The predicted molar refractivity (Wildman–Crippen MR) is 104 cm³/mol. The smallest absolute Gasteiger partial charge is 0.274 e. The molecule has 0 amide bonds. The van der Waals surface area contributed by atoms with Crippen LogP contribution in [0.3, 0.4) is 0 Å². The van der Waals surface area contributed by atoms with E-state index in [9.17, 15) is 4.79 Å². The Bertz CT molecular complexity index is 972. The van der Waals surface area contributed by atoms with Crippen LogP contribution in [0.15, 0.2) is 35.1 Å². The average molecular weight is 374 g/mol. The van der Waals surface area contributed by atoms with E-state index in [1.54, 1.807) is 3.96 Å². The van der Waals surface area contributed by atoms with E-state index in [0.29, 0.717) is 5.39 Å². The van der Waals surface area contributed by atoms with Crippen LogP contribution in [0.5, 0.6) is 0 Å². The van der Waals surface area contributed by atoms with Crippen molar-refractivity contribution in [1.82, 2.24) is 13.8 Å². The number of piperidine rings is 1. The summed E-state index contributed by atoms with van der Waals surface area (Å²) in [5, 5.41) is 1.43. The number of fused-ring (bicyclic) bond motifs is 1. The van der Waals surface area contributed by atoms with Gasteiger partial charge in [0, 0.05) is 17.3 Å². The molecule has 0 unspecified atom stereocenters. The molecule has 130 valence electrons. The summed E-state index contributed by atoms with van der Waals surface area (Å²) in [7, 11) is 0. The Morgan fingerprint density at radius 1 is 1.16 bits per heavy atom. The molecular weight excluding hydrogens is 354 g/mol. The highest BCUT2D eigenvalue weighted by Crippen LogP contribution is 2.25. The van der Waals surface area contributed by atoms with Gasteiger partial charge in [0.15, 0.2) is 0 Å². The fourth-order valence-electron chi connectivity index (χ4n) is 3.34. The number of hydrogen-bond acceptors (Lipinski definition) is 4. The van der Waals surface area contributed by atoms with E-state index in [-0.39, 0.29) is 5.56 Å². The highest BCUT2D eigenvalue weighted by atomic mass is 35.5. The zero-order chi connectivity index (χ0) is 17.4. The average Bonchev–Trinajstić information content (AvgIpc) is 2.94. The molecule has 0 N–H and O–H groups in total. The zero-order valence-electron chi connectivity index (χ0n) is 14.2. The van der Waals surface area contributed by atoms with Gasteiger partial charge >= 0.3 is 0 Å². The molecule has 1 aliphatic rings. The fourth-order valence-corrected chi connectivity index (χ4v) is 4.53. The number of hydrogen-bond donors (Lipinski definition) is 0. The first-order valence-electron chi connectivity index (χ1n) is 8.63. The van der Waals surface area contributed by atoms with E-state index in [4.69, 9.17) is 11.6 Å². The van der Waals surface area contributed by atoms with Gasteiger partial charge in [-0.05, 0) is 80.3 Å². The quantitative estimate of drug-likeness (QED) is 0.683. The van der Waals surface area contributed by atoms with Crippen LogP contribution in [0, 0.1) is 6.92 Å². The molecule has 0 atom stereocenters. The SMILES string of the molecule is Cc1ccc2c(=O)n(-c3ccc(Cl)c(CN4CCCCC4)c3)sc2n1. The van der Waals surface area contributed by atoms with Crippen molar-refractivity contribution in [2.75, 3.05) is 13.1 Å². The van der Waals surface area contributed by atoms with Gasteiger partial charge in [0.25, 0.3) is 5.56 Å². The van der Waals surface area contributed by atoms with Crippen molar-refractivity contribution in [3.05, 3.63) is 57.0 Å². The van der Waals surface area contributed by atoms with Gasteiger partial charge in [0.05, 0.1) is 11.1 Å². The maximum atomic E-state index is 12.7. The third kappa shape index (κ3) is 3.36. The van der Waals surface area contributed by atoms with Crippen molar-refractivity contribution in [2.45, 2.75) is 32.7 Å². The Balaban J connectivity index is 1.72. The van der Waals surface area contributed by atoms with Gasteiger partial charge in [-0.1, -0.05) is 18.0 Å². The first-order chi connectivity index (χ1) is 12.1. The first kappa shape index (κ1) is 16.8. The fraction of sp³-hybridized carbons (Fsp3) is 0.368. The second kappa shape index (κ2) is 6.90. The monoisotopic (exact) mass is 373 g/mol. The van der Waals surface area contributed by atoms with Gasteiger partial charge in [-0.2, -0.15) is 0 Å². The minimum Gasteiger partial charge on any atom is -0.299 e. The Labute approximate surface area is 155 Å². The number of nitrogens with zero attached hydrogens (tertiary/aromatic N) is 3. The third-order valence-electron chi connectivity index (χ3n) is 4.70. The lowest BCUT2D eigenvalue weighted by Crippen LogP contribution is -2.29. The third-order valence-corrected chi connectivity index (χ3v) is 6.11. The van der Waals surface area contributed by atoms with Crippen LogP contribution in [-0.2, 0) is 6.54 Å². The number of likely N-dealkylation sites (tertiary alicyclic amines) is 1. The zero-order valence-corrected chi connectivity index (χ0v) is 15.7. The summed E-state index contributed by atoms with van der Waals surface area (Å²) in [5.41, 5.74) is 2.85. The number of aryl methyl sites for hydroxylation is 1. The molecule has 1 aromatic carbocycles. The van der Waals surface area contributed by atoms with Gasteiger partial charge in [-0.3, -0.25) is 9.69 Å². The standard InChI is InChI=1S/C19H20ClN3OS/c1-13-5-7-16-18(21-13)25-23(19(16)24)15-6-8-17(20)14(11-15)12-22-9-3-2-4-10-22/h5-8,11H,2-4,9-10,12H2,1H3. The molecule has 2 aromatic heterocycles. The Morgan fingerprint density at radius 2 is 1.96 bits per heavy atom. The van der Waals surface area contributed by atoms with Gasteiger partial charge in [-0.15, -0.1) is 0 Å². The number of pyridine rings is 1. The highest BCUT2D eigenvalue weighted by Gasteiger charge is 2.15. The summed E-state index contributed by atoms with van der Waals surface area (Å²) in [6.07, 6.45) is 3.81. The second-order valence-corrected chi connectivity index (χ2v) is 7.95. The van der Waals surface area contributed by atoms with Crippen molar-refractivity contribution >= 4 is 33.4 Å². The largest absolute Gasteiger partial charge is 0.299 e. The van der Waals surface area contributed by atoms with Crippen molar-refractivity contribution < 1.29 is 0 Å². The van der Waals surface area contributed by atoms with Gasteiger partial charge in [0.1, 0.15) is 4.83 Å². The molecule has 0 bridgehead atoms. The molecule has 0 saturated carbocycles. The highest BCUT2D eigenvalue weighted by molar-refractivity contribution is 7.13. The lowest BCUT2D eigenvalue weighted by Gasteiger charge is -2.26.